The van der Waals surface area contributed by atoms with E-state index in [4.69, 9.17) is 16.3 Å². The van der Waals surface area contributed by atoms with Gasteiger partial charge in [-0.25, -0.2) is 0 Å². The van der Waals surface area contributed by atoms with Gasteiger partial charge in [0.05, 0.1) is 6.61 Å². The fraction of sp³-hybridized carbons (Fsp3) is 0.562. The molecule has 2 saturated heterocycles. The number of fused-ring (bicyclic) bond motifs is 2. The van der Waals surface area contributed by atoms with Crippen molar-refractivity contribution in [3.63, 3.8) is 0 Å². The number of aliphatic hydroxyl groups is 1. The second kappa shape index (κ2) is 6.34. The molecule has 0 aliphatic carbocycles. The molecule has 4 nitrogen and oxygen atoms in total. The lowest BCUT2D eigenvalue weighted by Crippen LogP contribution is -2.42. The highest BCUT2D eigenvalue weighted by Gasteiger charge is 2.36. The van der Waals surface area contributed by atoms with Gasteiger partial charge in [-0.05, 0) is 43.4 Å². The molecule has 2 aliphatic rings. The molecule has 0 radical (unpaired) electrons. The van der Waals surface area contributed by atoms with Gasteiger partial charge in [0.1, 0.15) is 12.0 Å². The van der Waals surface area contributed by atoms with Gasteiger partial charge < -0.3 is 15.2 Å². The van der Waals surface area contributed by atoms with Crippen molar-refractivity contribution in [2.45, 2.75) is 49.8 Å². The number of benzene rings is 1. The van der Waals surface area contributed by atoms with Crippen LogP contribution in [-0.4, -0.2) is 35.9 Å². The van der Waals surface area contributed by atoms with Gasteiger partial charge in [0.2, 0.25) is 0 Å². The Morgan fingerprint density at radius 1 is 1.29 bits per heavy atom. The molecule has 0 spiro atoms. The Labute approximate surface area is 129 Å². The summed E-state index contributed by atoms with van der Waals surface area (Å²) < 4.78 is 5.64. The fourth-order valence-electron chi connectivity index (χ4n) is 3.36. The highest BCUT2D eigenvalue weighted by atomic mass is 35.5. The molecule has 2 fully saturated rings. The van der Waals surface area contributed by atoms with E-state index < -0.39 is 5.92 Å². The van der Waals surface area contributed by atoms with Gasteiger partial charge in [-0.1, -0.05) is 23.7 Å². The molecule has 3 rings (SSSR count). The summed E-state index contributed by atoms with van der Waals surface area (Å²) in [6, 6.07) is 7.91. The largest absolute Gasteiger partial charge is 0.462 e. The van der Waals surface area contributed by atoms with E-state index in [1.807, 2.05) is 0 Å². The number of carbonyl (C=O) groups is 1. The Kier molecular flexibility index (Phi) is 4.48. The summed E-state index contributed by atoms with van der Waals surface area (Å²) in [5.41, 5.74) is 0.740. The quantitative estimate of drug-likeness (QED) is 0.838. The zero-order valence-corrected chi connectivity index (χ0v) is 12.6. The first-order valence-corrected chi connectivity index (χ1v) is 7.86. The molecule has 2 heterocycles. The smallest absolute Gasteiger partial charge is 0.316 e. The minimum Gasteiger partial charge on any atom is -0.462 e. The fourth-order valence-corrected chi connectivity index (χ4v) is 3.48. The van der Waals surface area contributed by atoms with E-state index in [1.54, 1.807) is 24.3 Å². The molecular formula is C16H20ClNO3. The third-order valence-electron chi connectivity index (χ3n) is 4.45. The summed E-state index contributed by atoms with van der Waals surface area (Å²) in [5.74, 6) is -0.971. The molecule has 1 aromatic carbocycles. The van der Waals surface area contributed by atoms with Crippen LogP contribution in [0.2, 0.25) is 5.02 Å². The van der Waals surface area contributed by atoms with Gasteiger partial charge in [0.25, 0.3) is 0 Å². The SMILES string of the molecule is O=C(OC1C[C@H]2CC[C@@H](C1)N2)[C@H](CO)c1ccc(Cl)cc1. The van der Waals surface area contributed by atoms with Crippen LogP contribution in [0.15, 0.2) is 24.3 Å². The standard InChI is InChI=1S/C16H20ClNO3/c17-11-3-1-10(2-4-11)15(9-19)16(20)21-14-7-12-5-6-13(8-14)18-12/h1-4,12-15,18-19H,5-9H2/t12-,13+,14?,15-/m1/s1. The van der Waals surface area contributed by atoms with E-state index in [0.29, 0.717) is 17.1 Å². The molecule has 1 aromatic rings. The molecule has 5 heteroatoms. The number of hydrogen-bond donors (Lipinski definition) is 2. The molecule has 4 atom stereocenters. The number of esters is 1. The molecule has 0 amide bonds. The van der Waals surface area contributed by atoms with Crippen molar-refractivity contribution < 1.29 is 14.6 Å². The lowest BCUT2D eigenvalue weighted by molar-refractivity contribution is -0.153. The molecule has 0 saturated carbocycles. The normalized spacial score (nSPS) is 29.1. The highest BCUT2D eigenvalue weighted by molar-refractivity contribution is 6.30. The number of piperidine rings is 1. The number of halogens is 1. The van der Waals surface area contributed by atoms with E-state index >= 15 is 0 Å². The second-order valence-electron chi connectivity index (χ2n) is 5.95. The van der Waals surface area contributed by atoms with Crippen molar-refractivity contribution in [2.75, 3.05) is 6.61 Å². The maximum Gasteiger partial charge on any atom is 0.316 e. The second-order valence-corrected chi connectivity index (χ2v) is 6.39. The number of rotatable bonds is 4. The monoisotopic (exact) mass is 309 g/mol. The van der Waals surface area contributed by atoms with Gasteiger partial charge in [-0.2, -0.15) is 0 Å². The van der Waals surface area contributed by atoms with Crippen LogP contribution in [0.25, 0.3) is 0 Å². The number of aliphatic hydroxyl groups excluding tert-OH is 1. The van der Waals surface area contributed by atoms with Crippen LogP contribution in [0.4, 0.5) is 0 Å². The number of ether oxygens (including phenoxy) is 1. The van der Waals surface area contributed by atoms with Crippen LogP contribution >= 0.6 is 11.6 Å². The average molecular weight is 310 g/mol. The van der Waals surface area contributed by atoms with E-state index in [-0.39, 0.29) is 18.7 Å². The van der Waals surface area contributed by atoms with E-state index in [2.05, 4.69) is 5.32 Å². The van der Waals surface area contributed by atoms with Gasteiger partial charge in [-0.15, -0.1) is 0 Å². The highest BCUT2D eigenvalue weighted by Crippen LogP contribution is 2.30. The van der Waals surface area contributed by atoms with Crippen molar-refractivity contribution in [3.8, 4) is 0 Å². The van der Waals surface area contributed by atoms with E-state index in [1.165, 1.54) is 12.8 Å². The molecule has 0 aromatic heterocycles. The summed E-state index contributed by atoms with van der Waals surface area (Å²) in [5, 5.41) is 13.6. The summed E-state index contributed by atoms with van der Waals surface area (Å²) >= 11 is 5.85. The first-order valence-electron chi connectivity index (χ1n) is 7.48. The van der Waals surface area contributed by atoms with Gasteiger partial charge >= 0.3 is 5.97 Å². The predicted octanol–water partition coefficient (Wildman–Crippen LogP) is 2.24. The zero-order valence-electron chi connectivity index (χ0n) is 11.8. The molecular weight excluding hydrogens is 290 g/mol. The third kappa shape index (κ3) is 3.39. The predicted molar refractivity (Wildman–Crippen MR) is 80.3 cm³/mol. The number of nitrogens with one attached hydrogen (secondary N) is 1. The maximum atomic E-state index is 12.3. The maximum absolute atomic E-state index is 12.3. The van der Waals surface area contributed by atoms with Crippen LogP contribution in [0.1, 0.15) is 37.2 Å². The Morgan fingerprint density at radius 2 is 1.90 bits per heavy atom. The topological polar surface area (TPSA) is 58.6 Å². The third-order valence-corrected chi connectivity index (χ3v) is 4.70. The number of hydrogen-bond acceptors (Lipinski definition) is 4. The van der Waals surface area contributed by atoms with Gasteiger partial charge in [-0.3, -0.25) is 4.79 Å². The molecule has 2 aliphatic heterocycles. The summed E-state index contributed by atoms with van der Waals surface area (Å²) in [6.45, 7) is -0.252. The summed E-state index contributed by atoms with van der Waals surface area (Å²) in [7, 11) is 0. The molecule has 21 heavy (non-hydrogen) atoms. The van der Waals surface area contributed by atoms with Crippen LogP contribution < -0.4 is 5.32 Å². The molecule has 2 bridgehead atoms. The molecule has 114 valence electrons. The first kappa shape index (κ1) is 14.8. The Bertz CT molecular complexity index is 493. The lowest BCUT2D eigenvalue weighted by atomic mass is 9.99. The average Bonchev–Trinajstić information content (AvgIpc) is 2.81. The zero-order chi connectivity index (χ0) is 14.8. The van der Waals surface area contributed by atoms with E-state index in [0.717, 1.165) is 18.4 Å². The van der Waals surface area contributed by atoms with Crippen molar-refractivity contribution in [2.24, 2.45) is 0 Å². The lowest BCUT2D eigenvalue weighted by Gasteiger charge is -2.29. The Morgan fingerprint density at radius 3 is 2.48 bits per heavy atom. The van der Waals surface area contributed by atoms with Crippen molar-refractivity contribution in [3.05, 3.63) is 34.9 Å². The van der Waals surface area contributed by atoms with Crippen LogP contribution in [0.5, 0.6) is 0 Å². The molecule has 2 N–H and O–H groups in total. The van der Waals surface area contributed by atoms with Crippen molar-refractivity contribution in [1.29, 1.82) is 0 Å². The summed E-state index contributed by atoms with van der Waals surface area (Å²) in [4.78, 5) is 12.3. The van der Waals surface area contributed by atoms with Gasteiger partial charge in [0, 0.05) is 17.1 Å². The minimum absolute atomic E-state index is 0.0300. The van der Waals surface area contributed by atoms with Crippen molar-refractivity contribution >= 4 is 17.6 Å². The minimum atomic E-state index is -0.630. The van der Waals surface area contributed by atoms with Crippen LogP contribution in [0, 0.1) is 0 Å². The van der Waals surface area contributed by atoms with Crippen LogP contribution in [-0.2, 0) is 9.53 Å². The Balaban J connectivity index is 1.64. The number of carbonyl (C=O) groups excluding carboxylic acids is 1. The first-order chi connectivity index (χ1) is 10.2. The molecule has 1 unspecified atom stereocenters. The summed E-state index contributed by atoms with van der Waals surface area (Å²) in [6.07, 6.45) is 4.05. The van der Waals surface area contributed by atoms with Crippen molar-refractivity contribution in [1.82, 2.24) is 5.32 Å². The van der Waals surface area contributed by atoms with Gasteiger partial charge in [0.15, 0.2) is 0 Å². The van der Waals surface area contributed by atoms with E-state index in [9.17, 15) is 9.90 Å². The Hall–Kier alpha value is -1.10. The van der Waals surface area contributed by atoms with Crippen LogP contribution in [0.3, 0.4) is 0 Å².